The molecule has 16 heavy (non-hydrogen) atoms. The van der Waals surface area contributed by atoms with E-state index in [9.17, 15) is 4.79 Å². The fourth-order valence-corrected chi connectivity index (χ4v) is 2.36. The van der Waals surface area contributed by atoms with Gasteiger partial charge in [-0.05, 0) is 24.0 Å². The smallest absolute Gasteiger partial charge is 0.220 e. The van der Waals surface area contributed by atoms with Gasteiger partial charge in [0.05, 0.1) is 0 Å². The number of amides is 1. The van der Waals surface area contributed by atoms with E-state index in [1.807, 2.05) is 17.0 Å². The molecule has 2 rings (SSSR count). The molecule has 0 fully saturated rings. The van der Waals surface area contributed by atoms with Gasteiger partial charge in [0, 0.05) is 26.1 Å². The molecule has 0 spiro atoms. The molecule has 1 aliphatic heterocycles. The van der Waals surface area contributed by atoms with E-state index in [0.29, 0.717) is 13.0 Å². The molecule has 1 N–H and O–H groups in total. The van der Waals surface area contributed by atoms with Crippen LogP contribution in [-0.4, -0.2) is 28.6 Å². The first-order chi connectivity index (χ1) is 7.72. The Hall–Kier alpha value is -1.35. The van der Waals surface area contributed by atoms with Gasteiger partial charge < -0.3 is 10.0 Å². The van der Waals surface area contributed by atoms with Crippen molar-refractivity contribution in [2.45, 2.75) is 32.4 Å². The molecule has 1 aromatic rings. The van der Waals surface area contributed by atoms with Crippen LogP contribution in [0, 0.1) is 0 Å². The monoisotopic (exact) mass is 219 g/mol. The van der Waals surface area contributed by atoms with E-state index >= 15 is 0 Å². The number of carbonyl (C=O) groups excluding carboxylic acids is 1. The van der Waals surface area contributed by atoms with Crippen LogP contribution in [0.3, 0.4) is 0 Å². The van der Waals surface area contributed by atoms with Crippen molar-refractivity contribution in [3.05, 3.63) is 35.4 Å². The molecule has 1 aliphatic rings. The Kier molecular flexibility index (Phi) is 3.25. The van der Waals surface area contributed by atoms with Crippen LogP contribution in [0.5, 0.6) is 0 Å². The van der Waals surface area contributed by atoms with Gasteiger partial charge in [-0.3, -0.25) is 4.79 Å². The topological polar surface area (TPSA) is 40.5 Å². The maximum Gasteiger partial charge on any atom is 0.220 e. The third kappa shape index (κ3) is 2.09. The van der Waals surface area contributed by atoms with Gasteiger partial charge >= 0.3 is 0 Å². The van der Waals surface area contributed by atoms with Gasteiger partial charge in [0.25, 0.3) is 0 Å². The molecule has 0 saturated heterocycles. The second-order valence-corrected chi connectivity index (χ2v) is 4.29. The minimum Gasteiger partial charge on any atom is -0.396 e. The molecule has 3 nitrogen and oxygen atoms in total. The molecule has 3 heteroatoms. The molecule has 0 unspecified atom stereocenters. The summed E-state index contributed by atoms with van der Waals surface area (Å²) in [4.78, 5) is 13.4. The number of carbonyl (C=O) groups is 1. The zero-order valence-corrected chi connectivity index (χ0v) is 9.52. The molecular formula is C13H17NO2. The molecule has 0 bridgehead atoms. The molecule has 1 aromatic carbocycles. The van der Waals surface area contributed by atoms with Crippen molar-refractivity contribution in [1.82, 2.24) is 4.90 Å². The number of aliphatic hydroxyl groups excluding tert-OH is 1. The summed E-state index contributed by atoms with van der Waals surface area (Å²) in [7, 11) is 0. The van der Waals surface area contributed by atoms with Crippen molar-refractivity contribution in [2.24, 2.45) is 0 Å². The first-order valence-corrected chi connectivity index (χ1v) is 5.67. The van der Waals surface area contributed by atoms with Crippen molar-refractivity contribution in [3.8, 4) is 0 Å². The van der Waals surface area contributed by atoms with E-state index in [4.69, 9.17) is 5.11 Å². The highest BCUT2D eigenvalue weighted by atomic mass is 16.3. The summed E-state index contributed by atoms with van der Waals surface area (Å²) < 4.78 is 0. The second kappa shape index (κ2) is 4.66. The third-order valence-electron chi connectivity index (χ3n) is 3.22. The molecule has 0 radical (unpaired) electrons. The zero-order valence-electron chi connectivity index (χ0n) is 9.52. The van der Waals surface area contributed by atoms with Crippen LogP contribution in [-0.2, 0) is 17.8 Å². The Bertz CT molecular complexity index is 389. The van der Waals surface area contributed by atoms with E-state index in [-0.39, 0.29) is 18.6 Å². The predicted molar refractivity (Wildman–Crippen MR) is 61.9 cm³/mol. The van der Waals surface area contributed by atoms with E-state index in [1.54, 1.807) is 6.92 Å². The lowest BCUT2D eigenvalue weighted by Crippen LogP contribution is -2.43. The van der Waals surface area contributed by atoms with Crippen LogP contribution in [0.2, 0.25) is 0 Å². The average molecular weight is 219 g/mol. The van der Waals surface area contributed by atoms with Crippen LogP contribution < -0.4 is 0 Å². The number of hydrogen-bond donors (Lipinski definition) is 1. The summed E-state index contributed by atoms with van der Waals surface area (Å²) >= 11 is 0. The number of aliphatic hydroxyl groups is 1. The summed E-state index contributed by atoms with van der Waals surface area (Å²) in [6.45, 7) is 2.41. The Labute approximate surface area is 95.7 Å². The Balaban J connectivity index is 2.25. The number of fused-ring (bicyclic) bond motifs is 1. The Morgan fingerprint density at radius 2 is 2.12 bits per heavy atom. The maximum atomic E-state index is 11.5. The van der Waals surface area contributed by atoms with Crippen LogP contribution in [0.4, 0.5) is 0 Å². The van der Waals surface area contributed by atoms with Crippen LogP contribution in [0.15, 0.2) is 24.3 Å². The van der Waals surface area contributed by atoms with Gasteiger partial charge in [-0.2, -0.15) is 0 Å². The molecule has 0 aromatic heterocycles. The molecule has 0 saturated carbocycles. The third-order valence-corrected chi connectivity index (χ3v) is 3.22. The molecular weight excluding hydrogens is 202 g/mol. The molecule has 1 amide bonds. The highest BCUT2D eigenvalue weighted by molar-refractivity contribution is 5.74. The molecule has 86 valence electrons. The minimum atomic E-state index is 0.0907. The summed E-state index contributed by atoms with van der Waals surface area (Å²) in [5.74, 6) is 0.0907. The highest BCUT2D eigenvalue weighted by Gasteiger charge is 2.26. The van der Waals surface area contributed by atoms with Gasteiger partial charge in [0.2, 0.25) is 5.91 Å². The van der Waals surface area contributed by atoms with Crippen LogP contribution >= 0.6 is 0 Å². The Morgan fingerprint density at radius 1 is 1.44 bits per heavy atom. The van der Waals surface area contributed by atoms with E-state index < -0.39 is 0 Å². The van der Waals surface area contributed by atoms with Crippen LogP contribution in [0.1, 0.15) is 24.5 Å². The normalized spacial score (nSPS) is 19.4. The molecule has 1 heterocycles. The largest absolute Gasteiger partial charge is 0.396 e. The number of benzene rings is 1. The van der Waals surface area contributed by atoms with Gasteiger partial charge in [0.1, 0.15) is 0 Å². The van der Waals surface area contributed by atoms with Gasteiger partial charge in [-0.25, -0.2) is 0 Å². The quantitative estimate of drug-likeness (QED) is 0.815. The van der Waals surface area contributed by atoms with Gasteiger partial charge in [-0.1, -0.05) is 24.3 Å². The van der Waals surface area contributed by atoms with Gasteiger partial charge in [-0.15, -0.1) is 0 Å². The lowest BCUT2D eigenvalue weighted by Gasteiger charge is -2.36. The lowest BCUT2D eigenvalue weighted by molar-refractivity contribution is -0.132. The zero-order chi connectivity index (χ0) is 11.5. The van der Waals surface area contributed by atoms with Crippen molar-refractivity contribution in [3.63, 3.8) is 0 Å². The second-order valence-electron chi connectivity index (χ2n) is 4.29. The first-order valence-electron chi connectivity index (χ1n) is 5.67. The van der Waals surface area contributed by atoms with Crippen molar-refractivity contribution in [1.29, 1.82) is 0 Å². The van der Waals surface area contributed by atoms with Crippen LogP contribution in [0.25, 0.3) is 0 Å². The van der Waals surface area contributed by atoms with Gasteiger partial charge in [0.15, 0.2) is 0 Å². The summed E-state index contributed by atoms with van der Waals surface area (Å²) in [5.41, 5.74) is 2.53. The first kappa shape index (κ1) is 11.1. The maximum absolute atomic E-state index is 11.5. The lowest BCUT2D eigenvalue weighted by atomic mass is 9.92. The Morgan fingerprint density at radius 3 is 2.75 bits per heavy atom. The molecule has 0 aliphatic carbocycles. The molecule has 1 atom stereocenters. The predicted octanol–water partition coefficient (Wildman–Crippen LogP) is 1.34. The SMILES string of the molecule is CC(=O)N1Cc2ccccc2C[C@H]1CCO. The van der Waals surface area contributed by atoms with E-state index in [0.717, 1.165) is 6.42 Å². The fourth-order valence-electron chi connectivity index (χ4n) is 2.36. The summed E-state index contributed by atoms with van der Waals surface area (Å²) in [5, 5.41) is 9.03. The number of nitrogens with zero attached hydrogens (tertiary/aromatic N) is 1. The minimum absolute atomic E-state index is 0.0907. The number of hydrogen-bond acceptors (Lipinski definition) is 2. The van der Waals surface area contributed by atoms with E-state index in [1.165, 1.54) is 11.1 Å². The van der Waals surface area contributed by atoms with Crippen molar-refractivity contribution >= 4 is 5.91 Å². The summed E-state index contributed by atoms with van der Waals surface area (Å²) in [6, 6.07) is 8.36. The van der Waals surface area contributed by atoms with E-state index in [2.05, 4.69) is 12.1 Å². The van der Waals surface area contributed by atoms with Crippen molar-refractivity contribution < 1.29 is 9.90 Å². The summed E-state index contributed by atoms with van der Waals surface area (Å²) in [6.07, 6.45) is 1.52. The fraction of sp³-hybridized carbons (Fsp3) is 0.462. The van der Waals surface area contributed by atoms with Crippen molar-refractivity contribution in [2.75, 3.05) is 6.61 Å². The standard InChI is InChI=1S/C13H17NO2/c1-10(16)14-9-12-5-3-2-4-11(12)8-13(14)6-7-15/h2-5,13,15H,6-9H2,1H3/t13-/m1/s1. The average Bonchev–Trinajstić information content (AvgIpc) is 2.28. The number of rotatable bonds is 2. The highest BCUT2D eigenvalue weighted by Crippen LogP contribution is 2.24.